The molecule has 146 valence electrons. The van der Waals surface area contributed by atoms with Crippen LogP contribution < -0.4 is 10.5 Å². The Bertz CT molecular complexity index is 1220. The minimum Gasteiger partial charge on any atom is -0.311 e. The van der Waals surface area contributed by atoms with Crippen LogP contribution in [0, 0.1) is 6.92 Å². The molecule has 0 atom stereocenters. The van der Waals surface area contributed by atoms with Gasteiger partial charge in [-0.05, 0) is 55.8 Å². The third-order valence-electron chi connectivity index (χ3n) is 4.91. The van der Waals surface area contributed by atoms with Crippen LogP contribution in [0.25, 0.3) is 16.7 Å². The number of benzene rings is 2. The van der Waals surface area contributed by atoms with Gasteiger partial charge in [-0.1, -0.05) is 30.3 Å². The van der Waals surface area contributed by atoms with E-state index in [0.29, 0.717) is 23.3 Å². The second-order valence-electron chi connectivity index (χ2n) is 6.86. The minimum atomic E-state index is -0.189. The van der Waals surface area contributed by atoms with Gasteiger partial charge in [-0.2, -0.15) is 0 Å². The SMILES string of the molecule is CCN(C(=O)Cn1c2ncccc2c(=O)n1-c1ccccc1)c1cccc(C)c1. The Labute approximate surface area is 168 Å². The predicted octanol–water partition coefficient (Wildman–Crippen LogP) is 3.55. The zero-order valence-electron chi connectivity index (χ0n) is 16.4. The number of aryl methyl sites for hydroxylation is 1. The zero-order valence-corrected chi connectivity index (χ0v) is 16.4. The van der Waals surface area contributed by atoms with Gasteiger partial charge in [0.15, 0.2) is 5.65 Å². The van der Waals surface area contributed by atoms with Crippen LogP contribution in [0.2, 0.25) is 0 Å². The first-order chi connectivity index (χ1) is 14.1. The highest BCUT2D eigenvalue weighted by Crippen LogP contribution is 2.18. The maximum atomic E-state index is 13.3. The van der Waals surface area contributed by atoms with Crippen LogP contribution in [0.3, 0.4) is 0 Å². The molecule has 6 heteroatoms. The third-order valence-corrected chi connectivity index (χ3v) is 4.91. The molecule has 1 amide bonds. The van der Waals surface area contributed by atoms with Crippen molar-refractivity contribution in [2.45, 2.75) is 20.4 Å². The van der Waals surface area contributed by atoms with Crippen LogP contribution in [0.4, 0.5) is 5.69 Å². The van der Waals surface area contributed by atoms with E-state index in [-0.39, 0.29) is 18.0 Å². The average Bonchev–Trinajstić information content (AvgIpc) is 3.01. The first-order valence-corrected chi connectivity index (χ1v) is 9.59. The number of rotatable bonds is 5. The Morgan fingerprint density at radius 3 is 2.55 bits per heavy atom. The lowest BCUT2D eigenvalue weighted by molar-refractivity contribution is -0.119. The van der Waals surface area contributed by atoms with Gasteiger partial charge in [-0.25, -0.2) is 9.67 Å². The summed E-state index contributed by atoms with van der Waals surface area (Å²) in [6, 6.07) is 20.6. The quantitative estimate of drug-likeness (QED) is 0.527. The fraction of sp³-hybridized carbons (Fsp3) is 0.174. The number of likely N-dealkylation sites (N-methyl/N-ethyl adjacent to an activating group) is 1. The molecule has 2 aromatic carbocycles. The zero-order chi connectivity index (χ0) is 20.4. The maximum absolute atomic E-state index is 13.3. The van der Waals surface area contributed by atoms with Crippen molar-refractivity contribution in [3.8, 4) is 5.69 Å². The molecule has 29 heavy (non-hydrogen) atoms. The Balaban J connectivity index is 1.81. The van der Waals surface area contributed by atoms with E-state index in [2.05, 4.69) is 4.98 Å². The molecule has 0 bridgehead atoms. The van der Waals surface area contributed by atoms with Gasteiger partial charge in [0.1, 0.15) is 6.54 Å². The summed E-state index contributed by atoms with van der Waals surface area (Å²) in [5.41, 5.74) is 2.93. The van der Waals surface area contributed by atoms with Crippen LogP contribution in [0.1, 0.15) is 12.5 Å². The standard InChI is InChI=1S/C23H22N4O2/c1-3-25(19-12-7-9-17(2)15-19)21(28)16-26-22-20(13-8-14-24-22)23(29)27(26)18-10-5-4-6-11-18/h4-15H,3,16H2,1-2H3. The normalized spacial score (nSPS) is 11.0. The number of amides is 1. The van der Waals surface area contributed by atoms with Crippen molar-refractivity contribution in [1.29, 1.82) is 0 Å². The second kappa shape index (κ2) is 7.75. The Morgan fingerprint density at radius 1 is 1.03 bits per heavy atom. The van der Waals surface area contributed by atoms with E-state index in [9.17, 15) is 9.59 Å². The van der Waals surface area contributed by atoms with E-state index < -0.39 is 0 Å². The van der Waals surface area contributed by atoms with Gasteiger partial charge in [0.05, 0.1) is 11.1 Å². The lowest BCUT2D eigenvalue weighted by Crippen LogP contribution is -2.36. The molecule has 0 fully saturated rings. The van der Waals surface area contributed by atoms with Crippen molar-refractivity contribution in [3.05, 3.63) is 88.8 Å². The Hall–Kier alpha value is -3.67. The van der Waals surface area contributed by atoms with E-state index in [1.165, 1.54) is 4.68 Å². The van der Waals surface area contributed by atoms with Gasteiger partial charge in [0, 0.05) is 18.4 Å². The highest BCUT2D eigenvalue weighted by atomic mass is 16.2. The van der Waals surface area contributed by atoms with Crippen molar-refractivity contribution in [1.82, 2.24) is 14.3 Å². The number of aromatic nitrogens is 3. The molecule has 0 N–H and O–H groups in total. The van der Waals surface area contributed by atoms with Crippen LogP contribution in [-0.2, 0) is 11.3 Å². The van der Waals surface area contributed by atoms with Gasteiger partial charge in [0.2, 0.25) is 5.91 Å². The monoisotopic (exact) mass is 386 g/mol. The van der Waals surface area contributed by atoms with Crippen LogP contribution in [-0.4, -0.2) is 26.8 Å². The molecule has 0 unspecified atom stereocenters. The summed E-state index contributed by atoms with van der Waals surface area (Å²) >= 11 is 0. The van der Waals surface area contributed by atoms with Crippen molar-refractivity contribution >= 4 is 22.6 Å². The smallest absolute Gasteiger partial charge is 0.280 e. The average molecular weight is 386 g/mol. The maximum Gasteiger partial charge on any atom is 0.280 e. The summed E-state index contributed by atoms with van der Waals surface area (Å²) in [6.07, 6.45) is 1.64. The van der Waals surface area contributed by atoms with E-state index in [1.807, 2.05) is 68.4 Å². The van der Waals surface area contributed by atoms with Gasteiger partial charge in [0.25, 0.3) is 5.56 Å². The van der Waals surface area contributed by atoms with E-state index >= 15 is 0 Å². The molecule has 0 radical (unpaired) electrons. The number of hydrogen-bond donors (Lipinski definition) is 0. The molecule has 2 aromatic heterocycles. The molecule has 0 aliphatic heterocycles. The molecular weight excluding hydrogens is 364 g/mol. The highest BCUT2D eigenvalue weighted by molar-refractivity contribution is 5.94. The number of fused-ring (bicyclic) bond motifs is 1. The number of nitrogens with zero attached hydrogens (tertiary/aromatic N) is 4. The van der Waals surface area contributed by atoms with Crippen LogP contribution >= 0.6 is 0 Å². The summed E-state index contributed by atoms with van der Waals surface area (Å²) < 4.78 is 3.19. The lowest BCUT2D eigenvalue weighted by atomic mass is 10.2. The lowest BCUT2D eigenvalue weighted by Gasteiger charge is -2.22. The first-order valence-electron chi connectivity index (χ1n) is 9.59. The predicted molar refractivity (Wildman–Crippen MR) is 115 cm³/mol. The fourth-order valence-electron chi connectivity index (χ4n) is 3.57. The van der Waals surface area contributed by atoms with Crippen LogP contribution in [0.15, 0.2) is 77.7 Å². The molecule has 4 rings (SSSR count). The van der Waals surface area contributed by atoms with Gasteiger partial charge < -0.3 is 4.90 Å². The summed E-state index contributed by atoms with van der Waals surface area (Å²) in [7, 11) is 0. The van der Waals surface area contributed by atoms with Crippen molar-refractivity contribution in [2.75, 3.05) is 11.4 Å². The van der Waals surface area contributed by atoms with Crippen LogP contribution in [0.5, 0.6) is 0 Å². The molecule has 0 saturated carbocycles. The third kappa shape index (κ3) is 3.45. The topological polar surface area (TPSA) is 60.1 Å². The number of hydrogen-bond acceptors (Lipinski definition) is 3. The molecular formula is C23H22N4O2. The molecule has 6 nitrogen and oxygen atoms in total. The number of para-hydroxylation sites is 1. The molecule has 0 saturated heterocycles. The number of pyridine rings is 1. The first kappa shape index (κ1) is 18.7. The highest BCUT2D eigenvalue weighted by Gasteiger charge is 2.21. The van der Waals surface area contributed by atoms with Crippen molar-refractivity contribution < 1.29 is 4.79 Å². The molecule has 4 aromatic rings. The minimum absolute atomic E-state index is 0.00638. The van der Waals surface area contributed by atoms with E-state index in [1.54, 1.807) is 27.9 Å². The largest absolute Gasteiger partial charge is 0.311 e. The molecule has 2 heterocycles. The second-order valence-corrected chi connectivity index (χ2v) is 6.86. The summed E-state index contributed by atoms with van der Waals surface area (Å²) in [5, 5.41) is 0.489. The number of anilines is 1. The van der Waals surface area contributed by atoms with Gasteiger partial charge in [-0.3, -0.25) is 14.3 Å². The Kier molecular flexibility index (Phi) is 4.99. The molecule has 0 aliphatic rings. The summed E-state index contributed by atoms with van der Waals surface area (Å²) in [4.78, 5) is 32.4. The van der Waals surface area contributed by atoms with Crippen molar-refractivity contribution in [2.24, 2.45) is 0 Å². The number of carbonyl (C=O) groups excluding carboxylic acids is 1. The Morgan fingerprint density at radius 2 is 1.83 bits per heavy atom. The molecule has 0 spiro atoms. The van der Waals surface area contributed by atoms with Gasteiger partial charge in [-0.15, -0.1) is 0 Å². The van der Waals surface area contributed by atoms with Crippen molar-refractivity contribution in [3.63, 3.8) is 0 Å². The summed E-state index contributed by atoms with van der Waals surface area (Å²) in [5.74, 6) is -0.106. The van der Waals surface area contributed by atoms with E-state index in [0.717, 1.165) is 11.3 Å². The van der Waals surface area contributed by atoms with E-state index in [4.69, 9.17) is 0 Å². The fourth-order valence-corrected chi connectivity index (χ4v) is 3.57. The molecule has 0 aliphatic carbocycles. The summed E-state index contributed by atoms with van der Waals surface area (Å²) in [6.45, 7) is 4.48. The van der Waals surface area contributed by atoms with Gasteiger partial charge >= 0.3 is 0 Å². The number of carbonyl (C=O) groups is 1.